The fourth-order valence-electron chi connectivity index (χ4n) is 3.29. The first-order valence-corrected chi connectivity index (χ1v) is 15.3. The van der Waals surface area contributed by atoms with Crippen molar-refractivity contribution >= 4 is 81.5 Å². The second kappa shape index (κ2) is 20.1. The van der Waals surface area contributed by atoms with Crippen molar-refractivity contribution in [2.75, 3.05) is 51.9 Å². The molecule has 2 rings (SSSR count). The Morgan fingerprint density at radius 2 is 1.14 bits per heavy atom. The van der Waals surface area contributed by atoms with E-state index in [1.54, 1.807) is 46.2 Å². The molecule has 2 aromatic rings. The van der Waals surface area contributed by atoms with Crippen LogP contribution in [0.5, 0.6) is 0 Å². The van der Waals surface area contributed by atoms with E-state index in [1.165, 1.54) is 0 Å². The molecule has 0 saturated carbocycles. The van der Waals surface area contributed by atoms with Crippen LogP contribution in [0.15, 0.2) is 46.4 Å². The van der Waals surface area contributed by atoms with Crippen LogP contribution in [0.2, 0.25) is 20.1 Å². The number of aliphatic imine (C=N–C) groups is 2. The number of nitrogens with two attached hydrogens (primary N) is 3. The summed E-state index contributed by atoms with van der Waals surface area (Å²) in [6.07, 6.45) is 2.71. The number of carbonyl (C=O) groups excluding carboxylic acids is 2. The minimum atomic E-state index is -0.620. The third-order valence-electron chi connectivity index (χ3n) is 6.09. The van der Waals surface area contributed by atoms with E-state index >= 15 is 0 Å². The number of nitrogens with one attached hydrogen (secondary N) is 2. The SMILES string of the molecule is CN(C)C(N)=NCCC[C@H](N)C(=O)Nc1ccc(Cl)c(Cl)c1.C[C@@H](CCCN=C(N)N(C)C)C(=O)Nc1ccc(Cl)c(Cl)c1. The fourth-order valence-corrected chi connectivity index (χ4v) is 3.89. The number of hydrogen-bond donors (Lipinski definition) is 5. The van der Waals surface area contributed by atoms with Crippen molar-refractivity contribution in [2.45, 2.75) is 38.6 Å². The number of guanidine groups is 2. The average molecular weight is 692 g/mol. The lowest BCUT2D eigenvalue weighted by Crippen LogP contribution is -2.35. The fraction of sp³-hybridized carbons (Fsp3) is 0.448. The standard InChI is InChI=1S/C15H22Cl2N4O.C14H21Cl2N5O/c1-10(5-4-8-19-15(18)21(2)3)14(22)20-11-6-7-12(16)13(17)9-11;1-21(2)14(18)19-7-3-4-12(17)13(22)20-9-5-6-10(15)11(16)8-9/h6-7,9-10H,4-5,8H2,1-3H3,(H2,18,19)(H,20,22);5-6,8,12H,3-4,7,17H2,1-2H3,(H2,18,19)(H,20,22)/t10-;12-/m00/s1. The molecule has 244 valence electrons. The summed E-state index contributed by atoms with van der Waals surface area (Å²) in [5, 5.41) is 7.22. The van der Waals surface area contributed by atoms with Crippen molar-refractivity contribution in [1.29, 1.82) is 0 Å². The lowest BCUT2D eigenvalue weighted by Gasteiger charge is -2.13. The Morgan fingerprint density at radius 3 is 1.55 bits per heavy atom. The van der Waals surface area contributed by atoms with Crippen molar-refractivity contribution in [3.8, 4) is 0 Å². The molecule has 0 aromatic heterocycles. The largest absolute Gasteiger partial charge is 0.370 e. The number of halogens is 4. The second-order valence-corrected chi connectivity index (χ2v) is 11.9. The van der Waals surface area contributed by atoms with E-state index in [0.717, 1.165) is 12.8 Å². The van der Waals surface area contributed by atoms with Crippen LogP contribution >= 0.6 is 46.4 Å². The summed E-state index contributed by atoms with van der Waals surface area (Å²) in [6, 6.07) is 9.26. The van der Waals surface area contributed by atoms with Gasteiger partial charge in [-0.25, -0.2) is 0 Å². The van der Waals surface area contributed by atoms with Crippen LogP contribution in [-0.2, 0) is 9.59 Å². The molecule has 0 unspecified atom stereocenters. The van der Waals surface area contributed by atoms with E-state index in [0.29, 0.717) is 69.3 Å². The van der Waals surface area contributed by atoms with E-state index in [1.807, 2.05) is 35.1 Å². The van der Waals surface area contributed by atoms with Crippen molar-refractivity contribution in [2.24, 2.45) is 33.1 Å². The first kappa shape index (κ1) is 39.1. The Labute approximate surface area is 280 Å². The minimum absolute atomic E-state index is 0.0528. The van der Waals surface area contributed by atoms with Crippen LogP contribution in [0.25, 0.3) is 0 Å². The molecule has 0 fully saturated rings. The Hall–Kier alpha value is -2.96. The van der Waals surface area contributed by atoms with Gasteiger partial charge in [-0.2, -0.15) is 0 Å². The van der Waals surface area contributed by atoms with Crippen molar-refractivity contribution < 1.29 is 9.59 Å². The summed E-state index contributed by atoms with van der Waals surface area (Å²) in [7, 11) is 7.31. The first-order chi connectivity index (χ1) is 20.6. The number of carbonyl (C=O) groups is 2. The molecule has 44 heavy (non-hydrogen) atoms. The van der Waals surface area contributed by atoms with Crippen molar-refractivity contribution in [3.63, 3.8) is 0 Å². The number of benzene rings is 2. The van der Waals surface area contributed by atoms with Gasteiger partial charge in [0.1, 0.15) is 0 Å². The molecule has 2 amide bonds. The van der Waals surface area contributed by atoms with E-state index in [9.17, 15) is 9.59 Å². The number of hydrogen-bond acceptors (Lipinski definition) is 5. The molecule has 0 aliphatic heterocycles. The third kappa shape index (κ3) is 15.2. The van der Waals surface area contributed by atoms with Crippen LogP contribution in [0, 0.1) is 5.92 Å². The number of nitrogens with zero attached hydrogens (tertiary/aromatic N) is 4. The van der Waals surface area contributed by atoms with Gasteiger partial charge in [-0.15, -0.1) is 0 Å². The molecule has 0 bridgehead atoms. The molecule has 0 radical (unpaired) electrons. The van der Waals surface area contributed by atoms with Crippen LogP contribution in [0.4, 0.5) is 11.4 Å². The zero-order chi connectivity index (χ0) is 33.4. The molecule has 0 heterocycles. The highest BCUT2D eigenvalue weighted by atomic mass is 35.5. The highest BCUT2D eigenvalue weighted by Crippen LogP contribution is 2.26. The lowest BCUT2D eigenvalue weighted by molar-refractivity contribution is -0.119. The van der Waals surface area contributed by atoms with E-state index in [-0.39, 0.29) is 17.7 Å². The molecule has 0 aliphatic carbocycles. The van der Waals surface area contributed by atoms with Gasteiger partial charge >= 0.3 is 0 Å². The molecule has 2 atom stereocenters. The van der Waals surface area contributed by atoms with E-state index in [2.05, 4.69) is 20.6 Å². The summed E-state index contributed by atoms with van der Waals surface area (Å²) in [5.41, 5.74) is 18.4. The maximum Gasteiger partial charge on any atom is 0.241 e. The second-order valence-electron chi connectivity index (χ2n) is 10.3. The smallest absolute Gasteiger partial charge is 0.241 e. The Bertz CT molecular complexity index is 1190. The van der Waals surface area contributed by atoms with Gasteiger partial charge in [-0.05, 0) is 62.1 Å². The van der Waals surface area contributed by atoms with Crippen LogP contribution < -0.4 is 27.8 Å². The molecular formula is C29H43Cl4N9O2. The van der Waals surface area contributed by atoms with Crippen LogP contribution in [0.1, 0.15) is 32.6 Å². The summed E-state index contributed by atoms with van der Waals surface area (Å²) >= 11 is 23.5. The van der Waals surface area contributed by atoms with Crippen LogP contribution in [-0.4, -0.2) is 80.9 Å². The maximum atomic E-state index is 12.1. The Morgan fingerprint density at radius 1 is 0.727 bits per heavy atom. The summed E-state index contributed by atoms with van der Waals surface area (Å²) in [5.74, 6) is 0.498. The van der Waals surface area contributed by atoms with Crippen molar-refractivity contribution in [1.82, 2.24) is 9.80 Å². The van der Waals surface area contributed by atoms with E-state index < -0.39 is 6.04 Å². The van der Waals surface area contributed by atoms with Gasteiger partial charge in [0.2, 0.25) is 11.8 Å². The molecule has 0 saturated heterocycles. The lowest BCUT2D eigenvalue weighted by atomic mass is 10.0. The quantitative estimate of drug-likeness (QED) is 0.117. The van der Waals surface area contributed by atoms with Gasteiger partial charge in [-0.3, -0.25) is 19.6 Å². The van der Waals surface area contributed by atoms with Crippen LogP contribution in [0.3, 0.4) is 0 Å². The van der Waals surface area contributed by atoms with Gasteiger partial charge < -0.3 is 37.6 Å². The van der Waals surface area contributed by atoms with Crippen molar-refractivity contribution in [3.05, 3.63) is 56.5 Å². The Kier molecular flexibility index (Phi) is 17.9. The molecular weight excluding hydrogens is 648 g/mol. The monoisotopic (exact) mass is 689 g/mol. The van der Waals surface area contributed by atoms with E-state index in [4.69, 9.17) is 63.6 Å². The van der Waals surface area contributed by atoms with Gasteiger partial charge in [0.15, 0.2) is 11.9 Å². The molecule has 15 heteroatoms. The zero-order valence-corrected chi connectivity index (χ0v) is 28.7. The highest BCUT2D eigenvalue weighted by molar-refractivity contribution is 6.42. The predicted molar refractivity (Wildman–Crippen MR) is 186 cm³/mol. The zero-order valence-electron chi connectivity index (χ0n) is 25.7. The minimum Gasteiger partial charge on any atom is -0.370 e. The maximum absolute atomic E-state index is 12.1. The highest BCUT2D eigenvalue weighted by Gasteiger charge is 2.14. The molecule has 0 spiro atoms. The number of amides is 2. The average Bonchev–Trinajstić information content (AvgIpc) is 2.96. The number of anilines is 2. The van der Waals surface area contributed by atoms with Gasteiger partial charge in [-0.1, -0.05) is 53.3 Å². The third-order valence-corrected chi connectivity index (χ3v) is 7.57. The summed E-state index contributed by atoms with van der Waals surface area (Å²) < 4.78 is 0. The van der Waals surface area contributed by atoms with Gasteiger partial charge in [0, 0.05) is 58.6 Å². The first-order valence-electron chi connectivity index (χ1n) is 13.8. The Balaban J connectivity index is 0.000000440. The number of rotatable bonds is 12. The summed E-state index contributed by atoms with van der Waals surface area (Å²) in [6.45, 7) is 3.01. The topological polar surface area (TPSA) is 167 Å². The molecule has 8 N–H and O–H groups in total. The molecule has 0 aliphatic rings. The van der Waals surface area contributed by atoms with Gasteiger partial charge in [0.25, 0.3) is 0 Å². The molecule has 2 aromatic carbocycles. The van der Waals surface area contributed by atoms with Gasteiger partial charge in [0.05, 0.1) is 26.1 Å². The normalized spacial score (nSPS) is 12.9. The molecule has 11 nitrogen and oxygen atoms in total. The summed E-state index contributed by atoms with van der Waals surface area (Å²) in [4.78, 5) is 35.9. The predicted octanol–water partition coefficient (Wildman–Crippen LogP) is 5.14.